The molecule has 1 aromatic carbocycles. The molecule has 0 atom stereocenters. The number of carbonyl (C=O) groups excluding carboxylic acids is 1. The third-order valence-corrected chi connectivity index (χ3v) is 3.86. The summed E-state index contributed by atoms with van der Waals surface area (Å²) in [5.41, 5.74) is 1.11. The summed E-state index contributed by atoms with van der Waals surface area (Å²) in [7, 11) is 1.58. The fourth-order valence-corrected chi connectivity index (χ4v) is 2.95. The molecule has 0 aliphatic rings. The van der Waals surface area contributed by atoms with E-state index in [1.807, 2.05) is 17.5 Å². The largest absolute Gasteiger partial charge is 0.355 e. The molecule has 2 aromatic heterocycles. The summed E-state index contributed by atoms with van der Waals surface area (Å²) in [5.74, 6) is -0.163. The number of carbonyl (C=O) groups is 1. The predicted molar refractivity (Wildman–Crippen MR) is 80.1 cm³/mol. The molecule has 2 heterocycles. The number of aromatic amines is 1. The minimum atomic E-state index is -0.163. The first-order chi connectivity index (χ1) is 8.70. The highest BCUT2D eigenvalue weighted by Gasteiger charge is 2.09. The topological polar surface area (TPSA) is 62.0 Å². The van der Waals surface area contributed by atoms with Crippen LogP contribution in [0.4, 0.5) is 0 Å². The Balaban J connectivity index is 0.00000133. The van der Waals surface area contributed by atoms with Gasteiger partial charge in [0.1, 0.15) is 0 Å². The Morgan fingerprint density at radius 3 is 2.79 bits per heavy atom. The maximum atomic E-state index is 11.9. The van der Waals surface area contributed by atoms with Crippen LogP contribution < -0.4 is 10.9 Å². The van der Waals surface area contributed by atoms with Gasteiger partial charge < -0.3 is 10.3 Å². The number of pyridine rings is 1. The van der Waals surface area contributed by atoms with Gasteiger partial charge in [-0.1, -0.05) is 13.5 Å². The lowest BCUT2D eigenvalue weighted by atomic mass is 10.1. The van der Waals surface area contributed by atoms with Gasteiger partial charge in [-0.3, -0.25) is 9.59 Å². The van der Waals surface area contributed by atoms with Crippen molar-refractivity contribution in [1.29, 1.82) is 0 Å². The Hall–Kier alpha value is -2.14. The zero-order valence-corrected chi connectivity index (χ0v) is 10.4. The molecule has 4 nitrogen and oxygen atoms in total. The van der Waals surface area contributed by atoms with Gasteiger partial charge in [0.2, 0.25) is 0 Å². The van der Waals surface area contributed by atoms with Gasteiger partial charge in [0, 0.05) is 22.7 Å². The smallest absolute Gasteiger partial charge is 0.257 e. The Morgan fingerprint density at radius 2 is 2.05 bits per heavy atom. The maximum Gasteiger partial charge on any atom is 0.257 e. The van der Waals surface area contributed by atoms with Crippen LogP contribution in [0.5, 0.6) is 0 Å². The van der Waals surface area contributed by atoms with Crippen molar-refractivity contribution in [3.63, 3.8) is 0 Å². The average Bonchev–Trinajstić information content (AvgIpc) is 2.87. The van der Waals surface area contributed by atoms with E-state index in [1.54, 1.807) is 19.2 Å². The number of benzene rings is 1. The fourth-order valence-electron chi connectivity index (χ4n) is 2.02. The third kappa shape index (κ3) is 2.02. The van der Waals surface area contributed by atoms with Gasteiger partial charge in [-0.05, 0) is 23.6 Å². The number of rotatable bonds is 1. The van der Waals surface area contributed by atoms with Crippen LogP contribution in [0.15, 0.2) is 34.4 Å². The van der Waals surface area contributed by atoms with Crippen molar-refractivity contribution in [2.45, 2.75) is 7.43 Å². The second-order valence-corrected chi connectivity index (χ2v) is 4.87. The molecule has 3 aromatic rings. The van der Waals surface area contributed by atoms with Gasteiger partial charge in [-0.2, -0.15) is 0 Å². The molecule has 0 aliphatic carbocycles. The monoisotopic (exact) mass is 274 g/mol. The molecule has 3 rings (SSSR count). The molecule has 0 bridgehead atoms. The summed E-state index contributed by atoms with van der Waals surface area (Å²) >= 11 is 1.53. The van der Waals surface area contributed by atoms with Crippen molar-refractivity contribution >= 4 is 38.2 Å². The molecule has 0 saturated carbocycles. The first-order valence-electron chi connectivity index (χ1n) is 5.46. The lowest BCUT2D eigenvalue weighted by Crippen LogP contribution is -2.17. The van der Waals surface area contributed by atoms with Crippen LogP contribution in [0.3, 0.4) is 0 Å². The molecule has 0 aliphatic heterocycles. The Bertz CT molecular complexity index is 817. The third-order valence-electron chi connectivity index (χ3n) is 2.91. The molecular formula is C14H14N2O2S. The van der Waals surface area contributed by atoms with Crippen molar-refractivity contribution in [1.82, 2.24) is 10.3 Å². The zero-order valence-electron chi connectivity index (χ0n) is 9.61. The summed E-state index contributed by atoms with van der Waals surface area (Å²) in [5, 5.41) is 6.12. The van der Waals surface area contributed by atoms with Gasteiger partial charge in [-0.25, -0.2) is 0 Å². The molecule has 0 saturated heterocycles. The molecule has 0 fully saturated rings. The zero-order chi connectivity index (χ0) is 12.7. The summed E-state index contributed by atoms with van der Waals surface area (Å²) < 4.78 is 0.956. The van der Waals surface area contributed by atoms with Gasteiger partial charge in [-0.15, -0.1) is 11.3 Å². The van der Waals surface area contributed by atoms with E-state index in [-0.39, 0.29) is 18.9 Å². The van der Waals surface area contributed by atoms with Crippen LogP contribution in [-0.2, 0) is 0 Å². The Morgan fingerprint density at radius 1 is 1.26 bits per heavy atom. The van der Waals surface area contributed by atoms with Crippen LogP contribution in [-0.4, -0.2) is 17.9 Å². The van der Waals surface area contributed by atoms with Crippen molar-refractivity contribution in [2.24, 2.45) is 0 Å². The summed E-state index contributed by atoms with van der Waals surface area (Å²) in [6.45, 7) is 0. The molecule has 1 amide bonds. The second-order valence-electron chi connectivity index (χ2n) is 3.96. The lowest BCUT2D eigenvalue weighted by Gasteiger charge is -2.03. The van der Waals surface area contributed by atoms with E-state index >= 15 is 0 Å². The highest BCUT2D eigenvalue weighted by atomic mass is 32.1. The van der Waals surface area contributed by atoms with Crippen LogP contribution >= 0.6 is 11.3 Å². The number of aromatic nitrogens is 1. The van der Waals surface area contributed by atoms with Gasteiger partial charge >= 0.3 is 0 Å². The van der Waals surface area contributed by atoms with E-state index in [9.17, 15) is 9.59 Å². The maximum absolute atomic E-state index is 11.9. The average molecular weight is 274 g/mol. The molecule has 0 spiro atoms. The van der Waals surface area contributed by atoms with E-state index in [2.05, 4.69) is 10.3 Å². The second kappa shape index (κ2) is 4.85. The van der Waals surface area contributed by atoms with E-state index in [0.717, 1.165) is 10.1 Å². The van der Waals surface area contributed by atoms with Gasteiger partial charge in [0.05, 0.1) is 10.9 Å². The number of H-pyrrole nitrogens is 1. The molecule has 0 radical (unpaired) electrons. The summed E-state index contributed by atoms with van der Waals surface area (Å²) in [4.78, 5) is 26.2. The first kappa shape index (κ1) is 13.3. The van der Waals surface area contributed by atoms with Crippen molar-refractivity contribution in [3.05, 3.63) is 45.6 Å². The van der Waals surface area contributed by atoms with Crippen molar-refractivity contribution < 1.29 is 4.79 Å². The lowest BCUT2D eigenvalue weighted by molar-refractivity contribution is 0.0963. The van der Waals surface area contributed by atoms with Crippen LogP contribution in [0.2, 0.25) is 0 Å². The molecule has 5 heteroatoms. The summed E-state index contributed by atoms with van der Waals surface area (Å²) in [6.07, 6.45) is 0. The van der Waals surface area contributed by atoms with Gasteiger partial charge in [0.15, 0.2) is 0 Å². The van der Waals surface area contributed by atoms with E-state index in [0.29, 0.717) is 16.5 Å². The Kier molecular flexibility index (Phi) is 3.40. The number of thiophene rings is 1. The van der Waals surface area contributed by atoms with E-state index < -0.39 is 0 Å². The molecule has 2 N–H and O–H groups in total. The minimum absolute atomic E-state index is 0. The minimum Gasteiger partial charge on any atom is -0.355 e. The highest BCUT2D eigenvalue weighted by Crippen LogP contribution is 2.26. The number of hydrogen-bond acceptors (Lipinski definition) is 3. The number of nitrogens with one attached hydrogen (secondary N) is 2. The molecule has 0 unspecified atom stereocenters. The SMILES string of the molecule is C.CNC(=O)c1ccc2c(c1)[nH]c(=O)c1ccsc12. The highest BCUT2D eigenvalue weighted by molar-refractivity contribution is 7.18. The molecule has 19 heavy (non-hydrogen) atoms. The van der Waals surface area contributed by atoms with Crippen molar-refractivity contribution in [2.75, 3.05) is 7.05 Å². The normalized spacial score (nSPS) is 10.4. The summed E-state index contributed by atoms with van der Waals surface area (Å²) in [6, 6.07) is 7.15. The standard InChI is InChI=1S/C13H10N2O2S.CH4/c1-14-12(16)7-2-3-8-10(6-7)15-13(17)9-4-5-18-11(8)9;/h2-6H,1H3,(H,14,16)(H,15,17);1H4. The molecular weight excluding hydrogens is 260 g/mol. The quantitative estimate of drug-likeness (QED) is 0.716. The van der Waals surface area contributed by atoms with E-state index in [4.69, 9.17) is 0 Å². The number of fused-ring (bicyclic) bond motifs is 3. The van der Waals surface area contributed by atoms with Crippen LogP contribution in [0.1, 0.15) is 17.8 Å². The first-order valence-corrected chi connectivity index (χ1v) is 6.34. The van der Waals surface area contributed by atoms with Gasteiger partial charge in [0.25, 0.3) is 11.5 Å². The Labute approximate surface area is 114 Å². The van der Waals surface area contributed by atoms with Crippen LogP contribution in [0, 0.1) is 0 Å². The molecule has 98 valence electrons. The number of hydrogen-bond donors (Lipinski definition) is 2. The number of amides is 1. The fraction of sp³-hybridized carbons (Fsp3) is 0.143. The van der Waals surface area contributed by atoms with Crippen LogP contribution in [0.25, 0.3) is 21.0 Å². The predicted octanol–water partition coefficient (Wildman–Crippen LogP) is 2.74. The van der Waals surface area contributed by atoms with Crippen molar-refractivity contribution in [3.8, 4) is 0 Å². The van der Waals surface area contributed by atoms with E-state index in [1.165, 1.54) is 11.3 Å².